The lowest BCUT2D eigenvalue weighted by molar-refractivity contribution is 0.449. The predicted molar refractivity (Wildman–Crippen MR) is 67.2 cm³/mol. The van der Waals surface area contributed by atoms with E-state index in [9.17, 15) is 4.79 Å². The van der Waals surface area contributed by atoms with Gasteiger partial charge in [-0.1, -0.05) is 13.8 Å². The molecule has 5 heteroatoms. The number of nitrogens with zero attached hydrogens (tertiary/aromatic N) is 2. The average Bonchev–Trinajstić information content (AvgIpc) is 2.28. The van der Waals surface area contributed by atoms with Crippen LogP contribution in [0, 0.1) is 5.41 Å². The maximum absolute atomic E-state index is 11.8. The number of anilines is 1. The van der Waals surface area contributed by atoms with E-state index in [0.29, 0.717) is 24.8 Å². The Kier molecular flexibility index (Phi) is 4.35. The molecule has 0 aromatic carbocycles. The molecule has 90 valence electrons. The van der Waals surface area contributed by atoms with E-state index in [0.717, 1.165) is 0 Å². The first-order valence-corrected chi connectivity index (χ1v) is 5.89. The molecule has 16 heavy (non-hydrogen) atoms. The van der Waals surface area contributed by atoms with Crippen molar-refractivity contribution in [3.05, 3.63) is 22.7 Å². The van der Waals surface area contributed by atoms with Crippen LogP contribution in [-0.2, 0) is 6.54 Å². The van der Waals surface area contributed by atoms with Crippen LogP contribution in [0.5, 0.6) is 0 Å². The van der Waals surface area contributed by atoms with Gasteiger partial charge in [0.15, 0.2) is 5.82 Å². The number of hydrogen-bond donors (Lipinski definition) is 1. The summed E-state index contributed by atoms with van der Waals surface area (Å²) in [7, 11) is 0. The highest BCUT2D eigenvalue weighted by Gasteiger charge is 2.17. The van der Waals surface area contributed by atoms with Gasteiger partial charge in [-0.05, 0) is 12.3 Å². The van der Waals surface area contributed by atoms with Crippen LogP contribution in [0.3, 0.4) is 0 Å². The molecular weight excluding hydrogens is 226 g/mol. The van der Waals surface area contributed by atoms with E-state index in [1.165, 1.54) is 0 Å². The van der Waals surface area contributed by atoms with Crippen molar-refractivity contribution in [2.75, 3.05) is 17.7 Å². The Morgan fingerprint density at radius 3 is 2.81 bits per heavy atom. The molecule has 0 spiro atoms. The van der Waals surface area contributed by atoms with Crippen LogP contribution in [0.25, 0.3) is 0 Å². The van der Waals surface area contributed by atoms with Crippen LogP contribution in [0.4, 0.5) is 5.82 Å². The van der Waals surface area contributed by atoms with Crippen LogP contribution < -0.4 is 10.9 Å². The number of alkyl halides is 1. The van der Waals surface area contributed by atoms with Gasteiger partial charge in [-0.25, -0.2) is 4.98 Å². The van der Waals surface area contributed by atoms with Crippen molar-refractivity contribution in [3.63, 3.8) is 0 Å². The molecule has 1 N–H and O–H groups in total. The smallest absolute Gasteiger partial charge is 0.293 e. The number of halogens is 1. The molecule has 0 unspecified atom stereocenters. The summed E-state index contributed by atoms with van der Waals surface area (Å²) in [5.74, 6) is 0.928. The molecule has 0 saturated heterocycles. The molecule has 1 aromatic heterocycles. The Morgan fingerprint density at radius 2 is 2.25 bits per heavy atom. The molecule has 0 saturated carbocycles. The summed E-state index contributed by atoms with van der Waals surface area (Å²) < 4.78 is 1.61. The number of hydrogen-bond acceptors (Lipinski definition) is 3. The van der Waals surface area contributed by atoms with Crippen LogP contribution in [0.1, 0.15) is 20.8 Å². The summed E-state index contributed by atoms with van der Waals surface area (Å²) in [5.41, 5.74) is -0.141. The first-order chi connectivity index (χ1) is 7.50. The molecular formula is C11H18ClN3O. The number of rotatable bonds is 5. The van der Waals surface area contributed by atoms with Crippen molar-refractivity contribution in [2.45, 2.75) is 27.3 Å². The molecule has 4 nitrogen and oxygen atoms in total. The number of aromatic nitrogens is 2. The van der Waals surface area contributed by atoms with E-state index >= 15 is 0 Å². The van der Waals surface area contributed by atoms with Crippen molar-refractivity contribution in [3.8, 4) is 0 Å². The van der Waals surface area contributed by atoms with Crippen molar-refractivity contribution in [1.82, 2.24) is 9.55 Å². The fourth-order valence-corrected chi connectivity index (χ4v) is 1.28. The van der Waals surface area contributed by atoms with Gasteiger partial charge >= 0.3 is 0 Å². The van der Waals surface area contributed by atoms with Crippen LogP contribution in [0.15, 0.2) is 17.2 Å². The first-order valence-electron chi connectivity index (χ1n) is 5.35. The topological polar surface area (TPSA) is 46.9 Å². The fourth-order valence-electron chi connectivity index (χ4n) is 1.19. The van der Waals surface area contributed by atoms with E-state index in [1.807, 2.05) is 20.8 Å². The van der Waals surface area contributed by atoms with E-state index in [-0.39, 0.29) is 11.0 Å². The Bertz CT molecular complexity index is 400. The van der Waals surface area contributed by atoms with Gasteiger partial charge in [-0.3, -0.25) is 4.79 Å². The van der Waals surface area contributed by atoms with Crippen LogP contribution in [0.2, 0.25) is 0 Å². The van der Waals surface area contributed by atoms with Gasteiger partial charge in [0.25, 0.3) is 5.56 Å². The summed E-state index contributed by atoms with van der Waals surface area (Å²) in [6.45, 7) is 7.28. The van der Waals surface area contributed by atoms with Gasteiger partial charge in [0, 0.05) is 31.4 Å². The maximum atomic E-state index is 11.8. The van der Waals surface area contributed by atoms with E-state index in [1.54, 1.807) is 17.0 Å². The highest BCUT2D eigenvalue weighted by Crippen LogP contribution is 2.16. The Morgan fingerprint density at radius 1 is 1.56 bits per heavy atom. The molecule has 1 heterocycles. The minimum atomic E-state index is -0.0876. The highest BCUT2D eigenvalue weighted by molar-refractivity contribution is 6.18. The predicted octanol–water partition coefficient (Wildman–Crippen LogP) is 1.94. The van der Waals surface area contributed by atoms with Gasteiger partial charge in [0.2, 0.25) is 0 Å². The maximum Gasteiger partial charge on any atom is 0.293 e. The minimum Gasteiger partial charge on any atom is -0.365 e. The van der Waals surface area contributed by atoms with E-state index in [2.05, 4.69) is 10.3 Å². The summed E-state index contributed by atoms with van der Waals surface area (Å²) in [5, 5.41) is 3.05. The zero-order chi connectivity index (χ0) is 12.2. The first kappa shape index (κ1) is 13.0. The molecule has 0 radical (unpaired) electrons. The van der Waals surface area contributed by atoms with E-state index < -0.39 is 0 Å². The zero-order valence-corrected chi connectivity index (χ0v) is 10.7. The third-order valence-electron chi connectivity index (χ3n) is 2.35. The largest absolute Gasteiger partial charge is 0.365 e. The Balaban J connectivity index is 2.79. The summed E-state index contributed by atoms with van der Waals surface area (Å²) in [6, 6.07) is 0. The van der Waals surface area contributed by atoms with Gasteiger partial charge in [0.05, 0.1) is 0 Å². The zero-order valence-electron chi connectivity index (χ0n) is 9.96. The van der Waals surface area contributed by atoms with Gasteiger partial charge < -0.3 is 9.88 Å². The van der Waals surface area contributed by atoms with Crippen LogP contribution in [-0.4, -0.2) is 22.0 Å². The van der Waals surface area contributed by atoms with Crippen molar-refractivity contribution >= 4 is 17.4 Å². The fraction of sp³-hybridized carbons (Fsp3) is 0.636. The van der Waals surface area contributed by atoms with Crippen molar-refractivity contribution in [2.24, 2.45) is 5.41 Å². The van der Waals surface area contributed by atoms with Gasteiger partial charge in [0.1, 0.15) is 0 Å². The summed E-state index contributed by atoms with van der Waals surface area (Å²) >= 11 is 5.81. The van der Waals surface area contributed by atoms with Crippen LogP contribution >= 0.6 is 11.6 Å². The SMILES string of the molecule is CCn1ccnc(NCC(C)(C)CCl)c1=O. The second-order valence-corrected chi connectivity index (χ2v) is 4.79. The second-order valence-electron chi connectivity index (χ2n) is 4.52. The average molecular weight is 244 g/mol. The lowest BCUT2D eigenvalue weighted by Crippen LogP contribution is -2.30. The molecule has 1 rings (SSSR count). The third kappa shape index (κ3) is 3.23. The second kappa shape index (κ2) is 5.34. The number of nitrogens with one attached hydrogen (secondary N) is 1. The normalized spacial score (nSPS) is 11.5. The Hall–Kier alpha value is -1.03. The molecule has 0 bridgehead atoms. The molecule has 0 aliphatic heterocycles. The van der Waals surface area contributed by atoms with Gasteiger partial charge in [-0.2, -0.15) is 0 Å². The lowest BCUT2D eigenvalue weighted by Gasteiger charge is -2.21. The quantitative estimate of drug-likeness (QED) is 0.804. The van der Waals surface area contributed by atoms with Crippen molar-refractivity contribution < 1.29 is 0 Å². The van der Waals surface area contributed by atoms with Crippen molar-refractivity contribution in [1.29, 1.82) is 0 Å². The monoisotopic (exact) mass is 243 g/mol. The molecule has 0 atom stereocenters. The van der Waals surface area contributed by atoms with E-state index in [4.69, 9.17) is 11.6 Å². The molecule has 0 aliphatic carbocycles. The molecule has 1 aromatic rings. The highest BCUT2D eigenvalue weighted by atomic mass is 35.5. The molecule has 0 fully saturated rings. The number of aryl methyl sites for hydroxylation is 1. The van der Waals surface area contributed by atoms with Gasteiger partial charge in [-0.15, -0.1) is 11.6 Å². The Labute approximate surface area is 101 Å². The minimum absolute atomic E-state index is 0.0530. The summed E-state index contributed by atoms with van der Waals surface area (Å²) in [6.07, 6.45) is 3.31. The standard InChI is InChI=1S/C11H18ClN3O/c1-4-15-6-5-13-9(10(15)16)14-8-11(2,3)7-12/h5-6H,4,7-8H2,1-3H3,(H,13,14). The lowest BCUT2D eigenvalue weighted by atomic mass is 9.97. The molecule has 0 aliphatic rings. The third-order valence-corrected chi connectivity index (χ3v) is 3.07. The molecule has 0 amide bonds. The summed E-state index contributed by atoms with van der Waals surface area (Å²) in [4.78, 5) is 15.8.